The number of aromatic nitrogens is 1. The maximum absolute atomic E-state index is 14.1. The lowest BCUT2D eigenvalue weighted by Crippen LogP contribution is -2.30. The van der Waals surface area contributed by atoms with Crippen LogP contribution < -0.4 is 16.4 Å². The summed E-state index contributed by atoms with van der Waals surface area (Å²) in [4.78, 5) is 19.9. The molecular formula is C27H33F3N4O. The highest BCUT2D eigenvalue weighted by Crippen LogP contribution is 2.35. The van der Waals surface area contributed by atoms with Crippen LogP contribution in [0.2, 0.25) is 0 Å². The van der Waals surface area contributed by atoms with Gasteiger partial charge in [-0.05, 0) is 73.7 Å². The van der Waals surface area contributed by atoms with E-state index >= 15 is 0 Å². The zero-order valence-electron chi connectivity index (χ0n) is 20.3. The molecule has 0 bridgehead atoms. The Morgan fingerprint density at radius 2 is 1.83 bits per heavy atom. The highest BCUT2D eigenvalue weighted by Gasteiger charge is 2.33. The van der Waals surface area contributed by atoms with Gasteiger partial charge in [0, 0.05) is 44.8 Å². The Balaban J connectivity index is 0.00000228. The minimum Gasteiger partial charge on any atom is -0.356 e. The van der Waals surface area contributed by atoms with Crippen LogP contribution in [0, 0.1) is 26.6 Å². The van der Waals surface area contributed by atoms with E-state index in [0.717, 1.165) is 11.1 Å². The molecule has 35 heavy (non-hydrogen) atoms. The molecule has 0 spiro atoms. The van der Waals surface area contributed by atoms with E-state index in [-0.39, 0.29) is 38.7 Å². The molecule has 0 aliphatic carbocycles. The van der Waals surface area contributed by atoms with E-state index < -0.39 is 5.92 Å². The van der Waals surface area contributed by atoms with Crippen LogP contribution in [0.25, 0.3) is 11.1 Å². The molecule has 4 rings (SSSR count). The van der Waals surface area contributed by atoms with Gasteiger partial charge in [0.05, 0.1) is 5.56 Å². The van der Waals surface area contributed by atoms with Gasteiger partial charge in [0.2, 0.25) is 5.92 Å². The molecule has 1 amide bonds. The number of anilines is 2. The van der Waals surface area contributed by atoms with E-state index in [1.165, 1.54) is 12.1 Å². The summed E-state index contributed by atoms with van der Waals surface area (Å²) in [5, 5.41) is 2.92. The first kappa shape index (κ1) is 26.2. The lowest BCUT2D eigenvalue weighted by molar-refractivity contribution is -0.0102. The number of benzene rings is 2. The van der Waals surface area contributed by atoms with Crippen molar-refractivity contribution in [3.05, 3.63) is 76.7 Å². The van der Waals surface area contributed by atoms with Crippen molar-refractivity contribution < 1.29 is 19.4 Å². The van der Waals surface area contributed by atoms with Gasteiger partial charge in [-0.2, -0.15) is 0 Å². The Labute approximate surface area is 205 Å². The Morgan fingerprint density at radius 1 is 1.06 bits per heavy atom. The third-order valence-electron chi connectivity index (χ3n) is 6.19. The highest BCUT2D eigenvalue weighted by molar-refractivity contribution is 6.09. The predicted octanol–water partition coefficient (Wildman–Crippen LogP) is 7.10. The maximum Gasteiger partial charge on any atom is 0.259 e. The average Bonchev–Trinajstić information content (AvgIpc) is 2.93. The number of nitrogens with one attached hydrogen (secondary N) is 1. The zero-order valence-corrected chi connectivity index (χ0v) is 20.3. The summed E-state index contributed by atoms with van der Waals surface area (Å²) in [5.74, 6) is -3.11. The van der Waals surface area contributed by atoms with Crippen LogP contribution in [0.1, 0.15) is 47.7 Å². The molecular weight excluding hydrogens is 453 g/mol. The first-order valence-corrected chi connectivity index (χ1v) is 11.4. The van der Waals surface area contributed by atoms with Gasteiger partial charge in [-0.15, -0.1) is 0 Å². The Hall–Kier alpha value is -3.39. The fourth-order valence-electron chi connectivity index (χ4n) is 4.48. The van der Waals surface area contributed by atoms with Crippen LogP contribution in [-0.4, -0.2) is 29.9 Å². The van der Waals surface area contributed by atoms with Crippen LogP contribution in [0.4, 0.5) is 24.7 Å². The summed E-state index contributed by atoms with van der Waals surface area (Å²) < 4.78 is 42.2. The maximum atomic E-state index is 14.1. The largest absolute Gasteiger partial charge is 0.356 e. The highest BCUT2D eigenvalue weighted by atomic mass is 19.3. The number of aryl methyl sites for hydroxylation is 2. The molecule has 0 saturated carbocycles. The number of carbonyl (C=O) groups excluding carboxylic acids is 1. The van der Waals surface area contributed by atoms with Crippen LogP contribution in [0.15, 0.2) is 48.7 Å². The Morgan fingerprint density at radius 3 is 2.54 bits per heavy atom. The van der Waals surface area contributed by atoms with Crippen molar-refractivity contribution in [2.24, 2.45) is 0 Å². The number of hydrogen-bond donors (Lipinski definition) is 2. The van der Waals surface area contributed by atoms with E-state index in [4.69, 9.17) is 0 Å². The lowest BCUT2D eigenvalue weighted by Gasteiger charge is -2.26. The molecule has 8 heteroatoms. The molecule has 188 valence electrons. The number of hydrogen-bond acceptors (Lipinski definition) is 4. The average molecular weight is 487 g/mol. The van der Waals surface area contributed by atoms with Crippen LogP contribution in [0.5, 0.6) is 0 Å². The second-order valence-electron chi connectivity index (χ2n) is 9.03. The first-order valence-electron chi connectivity index (χ1n) is 11.4. The summed E-state index contributed by atoms with van der Waals surface area (Å²) in [6, 6.07) is 12.1. The van der Waals surface area contributed by atoms with Crippen molar-refractivity contribution in [2.45, 2.75) is 46.0 Å². The number of rotatable bonds is 4. The summed E-state index contributed by atoms with van der Waals surface area (Å²) in [6.07, 6.45) is 1.42. The molecule has 4 N–H and O–H groups in total. The standard InChI is InChI=1S/C27H28F3N3O.H3N.H2/c1-17-6-4-7-22(14-17)32-26(34)24-19(3)23(20-12-18(2)13-21(28)15-20)16-31-25(24)33-10-5-8-27(29,30)9-11-33;;/h4,6-7,12-16H,5,8-11H2,1-3H3,(H,32,34);1H3;1H. The quantitative estimate of drug-likeness (QED) is 0.412. The molecule has 0 unspecified atom stereocenters. The molecule has 0 atom stereocenters. The molecule has 1 saturated heterocycles. The molecule has 5 nitrogen and oxygen atoms in total. The first-order chi connectivity index (χ1) is 16.1. The fraction of sp³-hybridized carbons (Fsp3) is 0.333. The lowest BCUT2D eigenvalue weighted by atomic mass is 9.96. The smallest absolute Gasteiger partial charge is 0.259 e. The molecule has 1 aliphatic rings. The monoisotopic (exact) mass is 486 g/mol. The molecule has 0 radical (unpaired) electrons. The van der Waals surface area contributed by atoms with E-state index in [1.807, 2.05) is 31.2 Å². The van der Waals surface area contributed by atoms with Gasteiger partial charge in [-0.1, -0.05) is 18.2 Å². The van der Waals surface area contributed by atoms with Crippen LogP contribution in [-0.2, 0) is 0 Å². The number of halogens is 3. The number of pyridine rings is 1. The normalized spacial score (nSPS) is 15.2. The zero-order chi connectivity index (χ0) is 24.5. The van der Waals surface area contributed by atoms with Gasteiger partial charge in [-0.25, -0.2) is 18.2 Å². The van der Waals surface area contributed by atoms with E-state index in [9.17, 15) is 18.0 Å². The number of amides is 1. The topological polar surface area (TPSA) is 80.2 Å². The van der Waals surface area contributed by atoms with E-state index in [2.05, 4.69) is 10.3 Å². The second kappa shape index (κ2) is 10.5. The third kappa shape index (κ3) is 6.00. The van der Waals surface area contributed by atoms with Gasteiger partial charge >= 0.3 is 0 Å². The van der Waals surface area contributed by atoms with E-state index in [0.29, 0.717) is 46.7 Å². The van der Waals surface area contributed by atoms with Crippen LogP contribution >= 0.6 is 0 Å². The molecule has 2 heterocycles. The van der Waals surface area contributed by atoms with Gasteiger partial charge in [-0.3, -0.25) is 4.79 Å². The molecule has 1 fully saturated rings. The molecule has 1 aromatic heterocycles. The van der Waals surface area contributed by atoms with Gasteiger partial charge in [0.15, 0.2) is 0 Å². The summed E-state index contributed by atoms with van der Waals surface area (Å²) in [5.41, 5.74) is 4.54. The molecule has 1 aliphatic heterocycles. The minimum atomic E-state index is -2.73. The Kier molecular flexibility index (Phi) is 7.85. The summed E-state index contributed by atoms with van der Waals surface area (Å²) in [7, 11) is 0. The van der Waals surface area contributed by atoms with Crippen molar-refractivity contribution >= 4 is 17.4 Å². The number of carbonyl (C=O) groups is 1. The van der Waals surface area contributed by atoms with Gasteiger partial charge in [0.1, 0.15) is 11.6 Å². The molecule has 3 aromatic rings. The van der Waals surface area contributed by atoms with Crippen molar-refractivity contribution in [3.63, 3.8) is 0 Å². The SMILES string of the molecule is Cc1cccc(NC(=O)c2c(N3CCCC(F)(F)CC3)ncc(-c3cc(C)cc(F)c3)c2C)c1.N.[HH]. The number of nitrogens with zero attached hydrogens (tertiary/aromatic N) is 2. The number of alkyl halides is 2. The minimum absolute atomic E-state index is 0. The van der Waals surface area contributed by atoms with Crippen molar-refractivity contribution in [3.8, 4) is 11.1 Å². The molecule has 2 aromatic carbocycles. The second-order valence-corrected chi connectivity index (χ2v) is 9.03. The predicted molar refractivity (Wildman–Crippen MR) is 136 cm³/mol. The van der Waals surface area contributed by atoms with Crippen molar-refractivity contribution in [1.29, 1.82) is 0 Å². The van der Waals surface area contributed by atoms with Gasteiger partial charge in [0.25, 0.3) is 5.91 Å². The summed E-state index contributed by atoms with van der Waals surface area (Å²) >= 11 is 0. The van der Waals surface area contributed by atoms with Crippen molar-refractivity contribution in [1.82, 2.24) is 11.1 Å². The fourth-order valence-corrected chi connectivity index (χ4v) is 4.48. The van der Waals surface area contributed by atoms with E-state index in [1.54, 1.807) is 31.0 Å². The van der Waals surface area contributed by atoms with Gasteiger partial charge < -0.3 is 16.4 Å². The van der Waals surface area contributed by atoms with Crippen molar-refractivity contribution in [2.75, 3.05) is 23.3 Å². The third-order valence-corrected chi connectivity index (χ3v) is 6.19. The summed E-state index contributed by atoms with van der Waals surface area (Å²) in [6.45, 7) is 6.00. The van der Waals surface area contributed by atoms with Crippen LogP contribution in [0.3, 0.4) is 0 Å². The Bertz CT molecular complexity index is 1220.